The van der Waals surface area contributed by atoms with Crippen LogP contribution in [0.5, 0.6) is 0 Å². The van der Waals surface area contributed by atoms with E-state index in [0.29, 0.717) is 18.3 Å². The first kappa shape index (κ1) is 16.6. The van der Waals surface area contributed by atoms with Gasteiger partial charge in [0.05, 0.1) is 5.56 Å². The summed E-state index contributed by atoms with van der Waals surface area (Å²) in [5, 5.41) is 3.63. The summed E-state index contributed by atoms with van der Waals surface area (Å²) in [6, 6.07) is 3.82. The van der Waals surface area contributed by atoms with E-state index in [1.165, 1.54) is 6.07 Å². The van der Waals surface area contributed by atoms with Crippen molar-refractivity contribution in [3.05, 3.63) is 29.6 Å². The van der Waals surface area contributed by atoms with Crippen LogP contribution in [0.1, 0.15) is 45.1 Å². The van der Waals surface area contributed by atoms with Crippen LogP contribution in [-0.4, -0.2) is 24.2 Å². The minimum Gasteiger partial charge on any atom is -0.365 e. The van der Waals surface area contributed by atoms with Gasteiger partial charge in [-0.3, -0.25) is 0 Å². The second kappa shape index (κ2) is 5.65. The summed E-state index contributed by atoms with van der Waals surface area (Å²) in [7, 11) is 0. The summed E-state index contributed by atoms with van der Waals surface area (Å²) in [5.74, 6) is -1.20. The fourth-order valence-corrected chi connectivity index (χ4v) is 3.94. The first-order valence-electron chi connectivity index (χ1n) is 8.08. The Labute approximate surface area is 133 Å². The zero-order chi connectivity index (χ0) is 16.8. The minimum atomic E-state index is -4.65. The van der Waals surface area contributed by atoms with Crippen LogP contribution in [0.4, 0.5) is 23.2 Å². The topological polar surface area (TPSA) is 15.3 Å². The number of piperazine rings is 1. The van der Waals surface area contributed by atoms with Gasteiger partial charge in [-0.15, -0.1) is 0 Å². The number of alkyl halides is 3. The van der Waals surface area contributed by atoms with Crippen molar-refractivity contribution in [2.45, 2.75) is 63.3 Å². The van der Waals surface area contributed by atoms with Crippen LogP contribution in [0.2, 0.25) is 0 Å². The van der Waals surface area contributed by atoms with E-state index in [-0.39, 0.29) is 11.6 Å². The molecule has 3 rings (SSSR count). The van der Waals surface area contributed by atoms with E-state index in [1.807, 2.05) is 0 Å². The molecule has 0 aromatic heterocycles. The Balaban J connectivity index is 1.94. The number of fused-ring (bicyclic) bond motifs is 1. The Morgan fingerprint density at radius 2 is 1.87 bits per heavy atom. The third-order valence-electron chi connectivity index (χ3n) is 4.86. The lowest BCUT2D eigenvalue weighted by molar-refractivity contribution is -0.139. The molecule has 1 aromatic carbocycles. The Kier molecular flexibility index (Phi) is 4.07. The predicted octanol–water partition coefficient (Wildman–Crippen LogP) is 4.34. The molecule has 0 radical (unpaired) electrons. The number of benzene rings is 1. The molecule has 1 aliphatic carbocycles. The molecule has 6 heteroatoms. The molecule has 1 saturated heterocycles. The lowest BCUT2D eigenvalue weighted by atomic mass is 9.83. The van der Waals surface area contributed by atoms with Crippen LogP contribution in [0, 0.1) is 5.82 Å². The average Bonchev–Trinajstić information content (AvgIpc) is 2.44. The van der Waals surface area contributed by atoms with Crippen LogP contribution in [0.15, 0.2) is 18.2 Å². The average molecular weight is 330 g/mol. The fourth-order valence-electron chi connectivity index (χ4n) is 3.94. The second-order valence-corrected chi connectivity index (χ2v) is 7.28. The molecule has 2 fully saturated rings. The molecule has 0 spiro atoms. The Morgan fingerprint density at radius 3 is 2.52 bits per heavy atom. The van der Waals surface area contributed by atoms with E-state index >= 15 is 0 Å². The lowest BCUT2D eigenvalue weighted by Crippen LogP contribution is -2.67. The van der Waals surface area contributed by atoms with Crippen molar-refractivity contribution in [1.82, 2.24) is 5.32 Å². The molecule has 1 saturated carbocycles. The maximum atomic E-state index is 14.0. The fraction of sp³-hybridized carbons (Fsp3) is 0.647. The summed E-state index contributed by atoms with van der Waals surface area (Å²) in [6.07, 6.45) is -0.370. The number of rotatable bonds is 1. The Morgan fingerprint density at radius 1 is 1.17 bits per heavy atom. The van der Waals surface area contributed by atoms with Gasteiger partial charge in [-0.1, -0.05) is 12.8 Å². The zero-order valence-electron chi connectivity index (χ0n) is 13.4. The van der Waals surface area contributed by atoms with Crippen molar-refractivity contribution < 1.29 is 17.6 Å². The van der Waals surface area contributed by atoms with Crippen molar-refractivity contribution in [2.75, 3.05) is 11.4 Å². The maximum absolute atomic E-state index is 14.0. The van der Waals surface area contributed by atoms with Crippen molar-refractivity contribution in [1.29, 1.82) is 0 Å². The summed E-state index contributed by atoms with van der Waals surface area (Å²) >= 11 is 0. The monoisotopic (exact) mass is 330 g/mol. The zero-order valence-corrected chi connectivity index (χ0v) is 13.4. The summed E-state index contributed by atoms with van der Waals surface area (Å²) in [6.45, 7) is 4.80. The Hall–Kier alpha value is -1.30. The van der Waals surface area contributed by atoms with Gasteiger partial charge < -0.3 is 10.2 Å². The van der Waals surface area contributed by atoms with E-state index in [2.05, 4.69) is 24.1 Å². The number of nitrogens with zero attached hydrogens (tertiary/aromatic N) is 1. The highest BCUT2D eigenvalue weighted by Crippen LogP contribution is 2.37. The van der Waals surface area contributed by atoms with Gasteiger partial charge in [0, 0.05) is 29.9 Å². The highest BCUT2D eigenvalue weighted by Gasteiger charge is 2.41. The molecular weight excluding hydrogens is 308 g/mol. The third-order valence-corrected chi connectivity index (χ3v) is 4.86. The maximum Gasteiger partial charge on any atom is 0.419 e. The molecular formula is C17H22F4N2. The molecule has 1 heterocycles. The van der Waals surface area contributed by atoms with E-state index < -0.39 is 17.6 Å². The van der Waals surface area contributed by atoms with Gasteiger partial charge in [-0.25, -0.2) is 4.39 Å². The highest BCUT2D eigenvalue weighted by atomic mass is 19.4. The third kappa shape index (κ3) is 3.32. The molecule has 0 amide bonds. The van der Waals surface area contributed by atoms with Gasteiger partial charge >= 0.3 is 6.18 Å². The van der Waals surface area contributed by atoms with Gasteiger partial charge in [-0.2, -0.15) is 13.2 Å². The van der Waals surface area contributed by atoms with Crippen LogP contribution in [-0.2, 0) is 6.18 Å². The highest BCUT2D eigenvalue weighted by molar-refractivity contribution is 5.51. The normalized spacial score (nSPS) is 27.7. The molecule has 1 aromatic rings. The van der Waals surface area contributed by atoms with E-state index in [9.17, 15) is 17.6 Å². The van der Waals surface area contributed by atoms with Gasteiger partial charge in [0.25, 0.3) is 0 Å². The molecule has 0 bridgehead atoms. The standard InChI is InChI=1S/C17H22F4N2/c1-16(2)10-23(15-6-4-3-5-14(15)22-16)11-7-8-12(13(18)9-11)17(19,20)21/h7-9,14-15,22H,3-6,10H2,1-2H3/t14-,15-/m1/s1. The number of hydrogen-bond acceptors (Lipinski definition) is 2. The van der Waals surface area contributed by atoms with Crippen molar-refractivity contribution >= 4 is 5.69 Å². The number of nitrogens with one attached hydrogen (secondary N) is 1. The van der Waals surface area contributed by atoms with Crippen molar-refractivity contribution in [3.63, 3.8) is 0 Å². The van der Waals surface area contributed by atoms with E-state index in [0.717, 1.165) is 37.8 Å². The van der Waals surface area contributed by atoms with Crippen LogP contribution in [0.25, 0.3) is 0 Å². The van der Waals surface area contributed by atoms with Gasteiger partial charge in [0.1, 0.15) is 5.82 Å². The molecule has 0 unspecified atom stereocenters. The van der Waals surface area contributed by atoms with Gasteiger partial charge in [0.2, 0.25) is 0 Å². The van der Waals surface area contributed by atoms with E-state index in [1.54, 1.807) is 0 Å². The second-order valence-electron chi connectivity index (χ2n) is 7.28. The molecule has 2 aliphatic rings. The largest absolute Gasteiger partial charge is 0.419 e. The Bertz CT molecular complexity index is 582. The predicted molar refractivity (Wildman–Crippen MR) is 82.0 cm³/mol. The SMILES string of the molecule is CC1(C)CN(c2ccc(C(F)(F)F)c(F)c2)[C@@H]2CCCC[C@H]2N1. The molecule has 1 aliphatic heterocycles. The van der Waals surface area contributed by atoms with E-state index in [4.69, 9.17) is 0 Å². The lowest BCUT2D eigenvalue weighted by Gasteiger charge is -2.52. The minimum absolute atomic E-state index is 0.155. The first-order chi connectivity index (χ1) is 10.7. The summed E-state index contributed by atoms with van der Waals surface area (Å²) < 4.78 is 52.2. The molecule has 128 valence electrons. The molecule has 23 heavy (non-hydrogen) atoms. The quantitative estimate of drug-likeness (QED) is 0.771. The number of hydrogen-bond donors (Lipinski definition) is 1. The first-order valence-corrected chi connectivity index (χ1v) is 8.08. The van der Waals surface area contributed by atoms with Crippen molar-refractivity contribution in [3.8, 4) is 0 Å². The molecule has 2 atom stereocenters. The van der Waals surface area contributed by atoms with Crippen LogP contribution in [0.3, 0.4) is 0 Å². The summed E-state index contributed by atoms with van der Waals surface area (Å²) in [4.78, 5) is 2.09. The van der Waals surface area contributed by atoms with Crippen molar-refractivity contribution in [2.24, 2.45) is 0 Å². The number of halogens is 4. The number of anilines is 1. The summed E-state index contributed by atoms with van der Waals surface area (Å²) in [5.41, 5.74) is -0.810. The van der Waals surface area contributed by atoms with Crippen LogP contribution >= 0.6 is 0 Å². The smallest absolute Gasteiger partial charge is 0.365 e. The van der Waals surface area contributed by atoms with Crippen LogP contribution < -0.4 is 10.2 Å². The van der Waals surface area contributed by atoms with Gasteiger partial charge in [-0.05, 0) is 44.9 Å². The van der Waals surface area contributed by atoms with Gasteiger partial charge in [0.15, 0.2) is 0 Å². The molecule has 1 N–H and O–H groups in total. The molecule has 2 nitrogen and oxygen atoms in total.